The zero-order valence-corrected chi connectivity index (χ0v) is 7.93. The average molecular weight is 180 g/mol. The molecule has 0 aliphatic rings. The first kappa shape index (κ1) is 9.20. The lowest BCUT2D eigenvalue weighted by atomic mass is 9.87. The summed E-state index contributed by atoms with van der Waals surface area (Å²) in [6.07, 6.45) is 3.49. The van der Waals surface area contributed by atoms with E-state index in [0.29, 0.717) is 6.42 Å². The quantitative estimate of drug-likeness (QED) is 0.514. The van der Waals surface area contributed by atoms with Crippen LogP contribution in [0.25, 0.3) is 0 Å². The van der Waals surface area contributed by atoms with Crippen molar-refractivity contribution in [1.29, 1.82) is 0 Å². The van der Waals surface area contributed by atoms with Gasteiger partial charge in [0.25, 0.3) is 0 Å². The van der Waals surface area contributed by atoms with Crippen LogP contribution in [0.2, 0.25) is 0 Å². The van der Waals surface area contributed by atoms with Gasteiger partial charge in [0.1, 0.15) is 6.29 Å². The molecule has 0 bridgehead atoms. The van der Waals surface area contributed by atoms with E-state index in [9.17, 15) is 4.79 Å². The Kier molecular flexibility index (Phi) is 2.82. The molecule has 0 amide bonds. The van der Waals surface area contributed by atoms with Crippen LogP contribution in [0.1, 0.15) is 18.2 Å². The van der Waals surface area contributed by atoms with Crippen LogP contribution < -0.4 is 0 Å². The molecule has 0 N–H and O–H groups in total. The minimum atomic E-state index is -0.365. The highest BCUT2D eigenvalue weighted by atomic mass is 32.1. The minimum absolute atomic E-state index is 0.365. The molecule has 0 unspecified atom stereocenters. The van der Waals surface area contributed by atoms with Gasteiger partial charge in [-0.3, -0.25) is 0 Å². The maximum Gasteiger partial charge on any atom is 0.131 e. The molecule has 1 atom stereocenters. The molecule has 0 spiro atoms. The first-order valence-electron chi connectivity index (χ1n) is 3.84. The van der Waals surface area contributed by atoms with Gasteiger partial charge < -0.3 is 4.79 Å². The summed E-state index contributed by atoms with van der Waals surface area (Å²) in [6, 6.07) is 3.95. The van der Waals surface area contributed by atoms with Crippen molar-refractivity contribution in [3.05, 3.63) is 35.0 Å². The fourth-order valence-electron chi connectivity index (χ4n) is 1.11. The van der Waals surface area contributed by atoms with Crippen molar-refractivity contribution in [2.24, 2.45) is 0 Å². The van der Waals surface area contributed by atoms with Gasteiger partial charge in [-0.2, -0.15) is 0 Å². The van der Waals surface area contributed by atoms with Crippen LogP contribution in [0, 0.1) is 0 Å². The largest absolute Gasteiger partial charge is 0.302 e. The van der Waals surface area contributed by atoms with Gasteiger partial charge in [0, 0.05) is 4.88 Å². The Bertz CT molecular complexity index is 263. The summed E-state index contributed by atoms with van der Waals surface area (Å²) >= 11 is 1.62. The normalized spacial score (nSPS) is 15.1. The Labute approximate surface area is 76.7 Å². The molecule has 0 aromatic carbocycles. The molecule has 12 heavy (non-hydrogen) atoms. The molecular formula is C10H12OS. The maximum absolute atomic E-state index is 10.9. The molecular weight excluding hydrogens is 168 g/mol. The maximum atomic E-state index is 10.9. The third-order valence-electron chi connectivity index (χ3n) is 1.91. The van der Waals surface area contributed by atoms with Crippen LogP contribution in [-0.2, 0) is 10.2 Å². The molecule has 64 valence electrons. The molecule has 0 saturated carbocycles. The molecule has 1 nitrogen and oxygen atoms in total. The highest BCUT2D eigenvalue weighted by Crippen LogP contribution is 2.29. The number of allylic oxidation sites excluding steroid dienone is 1. The number of hydrogen-bond acceptors (Lipinski definition) is 2. The molecule has 0 fully saturated rings. The van der Waals surface area contributed by atoms with E-state index >= 15 is 0 Å². The van der Waals surface area contributed by atoms with Crippen molar-refractivity contribution in [3.8, 4) is 0 Å². The van der Waals surface area contributed by atoms with Crippen molar-refractivity contribution < 1.29 is 4.79 Å². The SMILES string of the molecule is C=CC[C@](C)(C=O)c1cccs1. The van der Waals surface area contributed by atoms with Crippen molar-refractivity contribution >= 4 is 17.6 Å². The summed E-state index contributed by atoms with van der Waals surface area (Å²) in [4.78, 5) is 12.0. The number of thiophene rings is 1. The molecule has 1 heterocycles. The van der Waals surface area contributed by atoms with E-state index in [1.54, 1.807) is 17.4 Å². The Morgan fingerprint density at radius 1 is 1.75 bits per heavy atom. The van der Waals surface area contributed by atoms with Gasteiger partial charge in [0.15, 0.2) is 0 Å². The van der Waals surface area contributed by atoms with E-state index in [2.05, 4.69) is 6.58 Å². The predicted molar refractivity (Wildman–Crippen MR) is 52.5 cm³/mol. The third kappa shape index (κ3) is 1.64. The van der Waals surface area contributed by atoms with Crippen LogP contribution >= 0.6 is 11.3 Å². The molecule has 0 radical (unpaired) electrons. The lowest BCUT2D eigenvalue weighted by molar-refractivity contribution is -0.111. The Morgan fingerprint density at radius 2 is 2.50 bits per heavy atom. The second kappa shape index (κ2) is 3.68. The fraction of sp³-hybridized carbons (Fsp3) is 0.300. The standard InChI is InChI=1S/C10H12OS/c1-3-6-10(2,8-11)9-5-4-7-12-9/h3-5,7-8H,1,6H2,2H3/t10-/m1/s1. The molecule has 0 saturated heterocycles. The lowest BCUT2D eigenvalue weighted by Crippen LogP contribution is -2.21. The van der Waals surface area contributed by atoms with E-state index in [0.717, 1.165) is 11.2 Å². The molecule has 0 aliphatic heterocycles. The Hall–Kier alpha value is -0.890. The summed E-state index contributed by atoms with van der Waals surface area (Å²) in [6.45, 7) is 5.59. The molecule has 1 aromatic rings. The number of hydrogen-bond donors (Lipinski definition) is 0. The highest BCUT2D eigenvalue weighted by Gasteiger charge is 2.25. The van der Waals surface area contributed by atoms with Crippen LogP contribution in [0.5, 0.6) is 0 Å². The number of carbonyl (C=O) groups is 1. The van der Waals surface area contributed by atoms with Gasteiger partial charge in [0.2, 0.25) is 0 Å². The molecule has 2 heteroatoms. The third-order valence-corrected chi connectivity index (χ3v) is 3.06. The Morgan fingerprint density at radius 3 is 2.92 bits per heavy atom. The van der Waals surface area contributed by atoms with E-state index in [1.165, 1.54) is 0 Å². The number of carbonyl (C=O) groups excluding carboxylic acids is 1. The zero-order chi connectivity index (χ0) is 9.03. The van der Waals surface area contributed by atoms with Gasteiger partial charge in [-0.1, -0.05) is 12.1 Å². The van der Waals surface area contributed by atoms with Gasteiger partial charge in [-0.05, 0) is 24.8 Å². The van der Waals surface area contributed by atoms with Crippen LogP contribution in [-0.4, -0.2) is 6.29 Å². The lowest BCUT2D eigenvalue weighted by Gasteiger charge is -2.18. The number of aldehydes is 1. The topological polar surface area (TPSA) is 17.1 Å². The molecule has 1 rings (SSSR count). The van der Waals surface area contributed by atoms with E-state index in [-0.39, 0.29) is 5.41 Å². The number of rotatable bonds is 4. The van der Waals surface area contributed by atoms with Crippen LogP contribution in [0.15, 0.2) is 30.2 Å². The Balaban J connectivity index is 2.94. The summed E-state index contributed by atoms with van der Waals surface area (Å²) in [5, 5.41) is 1.99. The summed E-state index contributed by atoms with van der Waals surface area (Å²) in [5.41, 5.74) is -0.365. The highest BCUT2D eigenvalue weighted by molar-refractivity contribution is 7.10. The minimum Gasteiger partial charge on any atom is -0.302 e. The molecule has 1 aromatic heterocycles. The van der Waals surface area contributed by atoms with E-state index in [4.69, 9.17) is 0 Å². The van der Waals surface area contributed by atoms with Gasteiger partial charge >= 0.3 is 0 Å². The summed E-state index contributed by atoms with van der Waals surface area (Å²) in [5.74, 6) is 0. The van der Waals surface area contributed by atoms with Crippen molar-refractivity contribution in [2.75, 3.05) is 0 Å². The predicted octanol–water partition coefficient (Wildman–Crippen LogP) is 2.78. The van der Waals surface area contributed by atoms with Gasteiger partial charge in [0.05, 0.1) is 5.41 Å². The second-order valence-corrected chi connectivity index (χ2v) is 3.95. The van der Waals surface area contributed by atoms with Crippen LogP contribution in [0.4, 0.5) is 0 Å². The molecule has 0 aliphatic carbocycles. The smallest absolute Gasteiger partial charge is 0.131 e. The van der Waals surface area contributed by atoms with E-state index < -0.39 is 0 Å². The zero-order valence-electron chi connectivity index (χ0n) is 7.12. The summed E-state index contributed by atoms with van der Waals surface area (Å²) in [7, 11) is 0. The van der Waals surface area contributed by atoms with Crippen LogP contribution in [0.3, 0.4) is 0 Å². The second-order valence-electron chi connectivity index (χ2n) is 3.01. The monoisotopic (exact) mass is 180 g/mol. The fourth-order valence-corrected chi connectivity index (χ4v) is 1.97. The van der Waals surface area contributed by atoms with Crippen molar-refractivity contribution in [3.63, 3.8) is 0 Å². The average Bonchev–Trinajstić information content (AvgIpc) is 2.57. The van der Waals surface area contributed by atoms with Gasteiger partial charge in [-0.25, -0.2) is 0 Å². The van der Waals surface area contributed by atoms with E-state index in [1.807, 2.05) is 24.4 Å². The van der Waals surface area contributed by atoms with Crippen molar-refractivity contribution in [2.45, 2.75) is 18.8 Å². The van der Waals surface area contributed by atoms with Crippen molar-refractivity contribution in [1.82, 2.24) is 0 Å². The van der Waals surface area contributed by atoms with Gasteiger partial charge in [-0.15, -0.1) is 17.9 Å². The summed E-state index contributed by atoms with van der Waals surface area (Å²) < 4.78 is 0. The first-order chi connectivity index (χ1) is 5.73. The first-order valence-corrected chi connectivity index (χ1v) is 4.72.